The van der Waals surface area contributed by atoms with Gasteiger partial charge in [-0.25, -0.2) is 9.97 Å². The Bertz CT molecular complexity index is 267. The lowest BCUT2D eigenvalue weighted by Crippen LogP contribution is -2.46. The van der Waals surface area contributed by atoms with E-state index >= 15 is 0 Å². The molecule has 14 heavy (non-hydrogen) atoms. The molecule has 2 heterocycles. The average molecular weight is 192 g/mol. The van der Waals surface area contributed by atoms with E-state index in [1.807, 2.05) is 12.4 Å². The summed E-state index contributed by atoms with van der Waals surface area (Å²) in [5.41, 5.74) is 1.14. The molecule has 1 saturated heterocycles. The van der Waals surface area contributed by atoms with Crippen LogP contribution in [-0.2, 0) is 0 Å². The van der Waals surface area contributed by atoms with Gasteiger partial charge in [0.05, 0.1) is 18.1 Å². The van der Waals surface area contributed by atoms with Crippen LogP contribution in [0.15, 0.2) is 18.7 Å². The number of nitrogens with zero attached hydrogens (tertiary/aromatic N) is 4. The van der Waals surface area contributed by atoms with Crippen molar-refractivity contribution >= 4 is 5.69 Å². The van der Waals surface area contributed by atoms with Crippen molar-refractivity contribution in [1.29, 1.82) is 0 Å². The van der Waals surface area contributed by atoms with Crippen molar-refractivity contribution in [2.24, 2.45) is 0 Å². The number of hydrogen-bond acceptors (Lipinski definition) is 4. The summed E-state index contributed by atoms with van der Waals surface area (Å²) in [5.74, 6) is 0. The summed E-state index contributed by atoms with van der Waals surface area (Å²) in [4.78, 5) is 12.9. The van der Waals surface area contributed by atoms with Crippen LogP contribution in [0.2, 0.25) is 0 Å². The van der Waals surface area contributed by atoms with Crippen molar-refractivity contribution in [3.05, 3.63) is 18.7 Å². The first-order chi connectivity index (χ1) is 6.90. The molecule has 1 fully saturated rings. The smallest absolute Gasteiger partial charge is 0.115 e. The Labute approximate surface area is 84.6 Å². The zero-order valence-corrected chi connectivity index (χ0v) is 8.56. The Morgan fingerprint density at radius 1 is 1.14 bits per heavy atom. The quantitative estimate of drug-likeness (QED) is 0.687. The van der Waals surface area contributed by atoms with E-state index in [1.54, 1.807) is 6.33 Å². The van der Waals surface area contributed by atoms with Crippen LogP contribution < -0.4 is 4.90 Å². The SMILES string of the molecule is CCN1CCN(c2cncnc2)CC1. The van der Waals surface area contributed by atoms with Gasteiger partial charge in [0, 0.05) is 26.2 Å². The van der Waals surface area contributed by atoms with E-state index < -0.39 is 0 Å². The minimum Gasteiger partial charge on any atom is -0.366 e. The van der Waals surface area contributed by atoms with Crippen LogP contribution in [0.5, 0.6) is 0 Å². The summed E-state index contributed by atoms with van der Waals surface area (Å²) in [6, 6.07) is 0. The average Bonchev–Trinajstić information content (AvgIpc) is 2.30. The molecule has 0 aliphatic carbocycles. The molecular weight excluding hydrogens is 176 g/mol. The molecule has 1 aromatic rings. The van der Waals surface area contributed by atoms with Crippen LogP contribution in [-0.4, -0.2) is 47.6 Å². The van der Waals surface area contributed by atoms with Gasteiger partial charge in [0.2, 0.25) is 0 Å². The van der Waals surface area contributed by atoms with Crippen molar-refractivity contribution in [1.82, 2.24) is 14.9 Å². The van der Waals surface area contributed by atoms with Crippen LogP contribution in [0.4, 0.5) is 5.69 Å². The maximum Gasteiger partial charge on any atom is 0.115 e. The molecular formula is C10H16N4. The monoisotopic (exact) mass is 192 g/mol. The van der Waals surface area contributed by atoms with E-state index in [2.05, 4.69) is 26.7 Å². The zero-order valence-electron chi connectivity index (χ0n) is 8.56. The lowest BCUT2D eigenvalue weighted by molar-refractivity contribution is 0.271. The second-order valence-electron chi connectivity index (χ2n) is 3.52. The largest absolute Gasteiger partial charge is 0.366 e. The van der Waals surface area contributed by atoms with Gasteiger partial charge in [-0.05, 0) is 6.54 Å². The third-order valence-electron chi connectivity index (χ3n) is 2.73. The Morgan fingerprint density at radius 2 is 1.79 bits per heavy atom. The van der Waals surface area contributed by atoms with Crippen molar-refractivity contribution in [2.45, 2.75) is 6.92 Å². The van der Waals surface area contributed by atoms with Gasteiger partial charge in [-0.15, -0.1) is 0 Å². The van der Waals surface area contributed by atoms with Gasteiger partial charge in [0.15, 0.2) is 0 Å². The molecule has 0 unspecified atom stereocenters. The van der Waals surface area contributed by atoms with E-state index in [0.29, 0.717) is 0 Å². The molecule has 0 atom stereocenters. The Morgan fingerprint density at radius 3 is 2.36 bits per heavy atom. The molecule has 0 spiro atoms. The molecule has 0 amide bonds. The molecule has 76 valence electrons. The van der Waals surface area contributed by atoms with E-state index in [4.69, 9.17) is 0 Å². The standard InChI is InChI=1S/C10H16N4/c1-2-13-3-5-14(6-4-13)10-7-11-9-12-8-10/h7-9H,2-6H2,1H3. The molecule has 1 aliphatic heterocycles. The normalized spacial score (nSPS) is 18.5. The molecule has 0 saturated carbocycles. The highest BCUT2D eigenvalue weighted by atomic mass is 15.3. The van der Waals surface area contributed by atoms with Crippen molar-refractivity contribution in [3.63, 3.8) is 0 Å². The van der Waals surface area contributed by atoms with E-state index in [0.717, 1.165) is 38.4 Å². The molecule has 1 aromatic heterocycles. The Hall–Kier alpha value is -1.16. The van der Waals surface area contributed by atoms with Crippen LogP contribution in [0.25, 0.3) is 0 Å². The van der Waals surface area contributed by atoms with Gasteiger partial charge in [0.25, 0.3) is 0 Å². The number of anilines is 1. The van der Waals surface area contributed by atoms with Crippen LogP contribution >= 0.6 is 0 Å². The molecule has 0 radical (unpaired) electrons. The van der Waals surface area contributed by atoms with Crippen LogP contribution in [0.1, 0.15) is 6.92 Å². The minimum absolute atomic E-state index is 1.08. The van der Waals surface area contributed by atoms with Gasteiger partial charge >= 0.3 is 0 Å². The van der Waals surface area contributed by atoms with E-state index in [9.17, 15) is 0 Å². The zero-order chi connectivity index (χ0) is 9.80. The lowest BCUT2D eigenvalue weighted by atomic mass is 10.3. The summed E-state index contributed by atoms with van der Waals surface area (Å²) in [6.45, 7) is 7.82. The van der Waals surface area contributed by atoms with E-state index in [1.165, 1.54) is 0 Å². The Balaban J connectivity index is 1.96. The molecule has 0 bridgehead atoms. The summed E-state index contributed by atoms with van der Waals surface area (Å²) >= 11 is 0. The predicted molar refractivity (Wildman–Crippen MR) is 56.4 cm³/mol. The molecule has 2 rings (SSSR count). The van der Waals surface area contributed by atoms with Crippen LogP contribution in [0, 0.1) is 0 Å². The highest BCUT2D eigenvalue weighted by molar-refractivity contribution is 5.41. The number of aromatic nitrogens is 2. The summed E-state index contributed by atoms with van der Waals surface area (Å²) < 4.78 is 0. The highest BCUT2D eigenvalue weighted by Crippen LogP contribution is 2.12. The molecule has 4 heteroatoms. The number of hydrogen-bond donors (Lipinski definition) is 0. The third kappa shape index (κ3) is 2.01. The number of likely N-dealkylation sites (N-methyl/N-ethyl adjacent to an activating group) is 1. The third-order valence-corrected chi connectivity index (χ3v) is 2.73. The van der Waals surface area contributed by atoms with Crippen LogP contribution in [0.3, 0.4) is 0 Å². The van der Waals surface area contributed by atoms with Crippen molar-refractivity contribution in [3.8, 4) is 0 Å². The minimum atomic E-state index is 1.08. The summed E-state index contributed by atoms with van der Waals surface area (Å²) in [5, 5.41) is 0. The molecule has 1 aliphatic rings. The first kappa shape index (κ1) is 9.40. The van der Waals surface area contributed by atoms with Crippen molar-refractivity contribution in [2.75, 3.05) is 37.6 Å². The fourth-order valence-corrected chi connectivity index (χ4v) is 1.78. The topological polar surface area (TPSA) is 32.3 Å². The summed E-state index contributed by atoms with van der Waals surface area (Å²) in [7, 11) is 0. The first-order valence-electron chi connectivity index (χ1n) is 5.12. The molecule has 0 aromatic carbocycles. The van der Waals surface area contributed by atoms with Gasteiger partial charge in [-0.2, -0.15) is 0 Å². The second kappa shape index (κ2) is 4.37. The number of rotatable bonds is 2. The number of piperazine rings is 1. The Kier molecular flexibility index (Phi) is 2.93. The van der Waals surface area contributed by atoms with Gasteiger partial charge in [-0.1, -0.05) is 6.92 Å². The predicted octanol–water partition coefficient (Wildman–Crippen LogP) is 0.619. The van der Waals surface area contributed by atoms with Gasteiger partial charge in [-0.3, -0.25) is 0 Å². The first-order valence-corrected chi connectivity index (χ1v) is 5.12. The fraction of sp³-hybridized carbons (Fsp3) is 0.600. The molecule has 0 N–H and O–H groups in total. The lowest BCUT2D eigenvalue weighted by Gasteiger charge is -2.34. The maximum atomic E-state index is 4.03. The maximum absolute atomic E-state index is 4.03. The van der Waals surface area contributed by atoms with E-state index in [-0.39, 0.29) is 0 Å². The fourth-order valence-electron chi connectivity index (χ4n) is 1.78. The summed E-state index contributed by atoms with van der Waals surface area (Å²) in [6.07, 6.45) is 5.34. The highest BCUT2D eigenvalue weighted by Gasteiger charge is 2.15. The second-order valence-corrected chi connectivity index (χ2v) is 3.52. The molecule has 4 nitrogen and oxygen atoms in total. The van der Waals surface area contributed by atoms with Crippen molar-refractivity contribution < 1.29 is 0 Å². The van der Waals surface area contributed by atoms with Gasteiger partial charge in [0.1, 0.15) is 6.33 Å². The van der Waals surface area contributed by atoms with Gasteiger partial charge < -0.3 is 9.80 Å².